The highest BCUT2D eigenvalue weighted by molar-refractivity contribution is 7.48. The Morgan fingerprint density at radius 3 is 2.22 bits per heavy atom. The molecule has 1 aromatic carbocycles. The van der Waals surface area contributed by atoms with Crippen LogP contribution in [0, 0.1) is 0 Å². The van der Waals surface area contributed by atoms with Crippen LogP contribution in [0.5, 0.6) is 0 Å². The number of carbonyl (C=O) groups excluding carboxylic acids is 1. The summed E-state index contributed by atoms with van der Waals surface area (Å²) in [5, 5.41) is 0. The van der Waals surface area contributed by atoms with Crippen LogP contribution in [0.1, 0.15) is 45.6 Å². The second-order valence-corrected chi connectivity index (χ2v) is 6.33. The van der Waals surface area contributed by atoms with Crippen molar-refractivity contribution in [3.05, 3.63) is 42.0 Å². The van der Waals surface area contributed by atoms with Crippen LogP contribution in [0.15, 0.2) is 36.4 Å². The van der Waals surface area contributed by atoms with Crippen LogP contribution in [0.25, 0.3) is 5.76 Å². The Balaban J connectivity index is 2.97. The number of phosphoric ester groups is 1. The molecule has 0 saturated carbocycles. The summed E-state index contributed by atoms with van der Waals surface area (Å²) < 4.78 is 28.5. The van der Waals surface area contributed by atoms with Crippen molar-refractivity contribution in [2.45, 2.75) is 40.0 Å². The van der Waals surface area contributed by atoms with Crippen LogP contribution < -0.4 is 0 Å². The van der Waals surface area contributed by atoms with Gasteiger partial charge in [-0.25, -0.2) is 4.57 Å². The maximum absolute atomic E-state index is 12.6. The smallest absolute Gasteiger partial charge is 0.404 e. The van der Waals surface area contributed by atoms with Gasteiger partial charge in [-0.3, -0.25) is 13.8 Å². The molecule has 0 aliphatic carbocycles. The van der Waals surface area contributed by atoms with Crippen molar-refractivity contribution in [3.63, 3.8) is 0 Å². The molecule has 0 aliphatic heterocycles. The lowest BCUT2D eigenvalue weighted by Gasteiger charge is -2.19. The Bertz CT molecular complexity index is 543. The number of benzene rings is 1. The van der Waals surface area contributed by atoms with E-state index in [4.69, 9.17) is 13.6 Å². The summed E-state index contributed by atoms with van der Waals surface area (Å²) in [4.78, 5) is 11.4. The van der Waals surface area contributed by atoms with Crippen LogP contribution in [-0.2, 0) is 22.9 Å². The third-order valence-corrected chi connectivity index (χ3v) is 4.56. The molecule has 0 heterocycles. The van der Waals surface area contributed by atoms with Crippen molar-refractivity contribution in [1.82, 2.24) is 0 Å². The number of ketones is 1. The maximum Gasteiger partial charge on any atom is 0.530 e. The fourth-order valence-electron chi connectivity index (χ4n) is 1.88. The van der Waals surface area contributed by atoms with E-state index in [9.17, 15) is 9.36 Å². The van der Waals surface area contributed by atoms with Gasteiger partial charge in [0, 0.05) is 18.4 Å². The van der Waals surface area contributed by atoms with E-state index in [0.29, 0.717) is 25.0 Å². The standard InChI is InChI=1S/C17H25O5P/c1-4-16(18)13-10-14-17(15-11-8-7-9-12-15)22-23(19,20-5-2)21-6-3/h7-9,11-12,14H,4-6,10,13H2,1-3H3/b17-14-. The molecule has 0 unspecified atom stereocenters. The van der Waals surface area contributed by atoms with Gasteiger partial charge in [0.15, 0.2) is 0 Å². The summed E-state index contributed by atoms with van der Waals surface area (Å²) in [6, 6.07) is 9.28. The van der Waals surface area contributed by atoms with Gasteiger partial charge in [0.2, 0.25) is 0 Å². The van der Waals surface area contributed by atoms with Crippen molar-refractivity contribution >= 4 is 19.4 Å². The van der Waals surface area contributed by atoms with Gasteiger partial charge in [-0.2, -0.15) is 0 Å². The van der Waals surface area contributed by atoms with Gasteiger partial charge in [0.25, 0.3) is 0 Å². The van der Waals surface area contributed by atoms with Crippen molar-refractivity contribution in [2.24, 2.45) is 0 Å². The highest BCUT2D eigenvalue weighted by Crippen LogP contribution is 2.52. The first-order chi connectivity index (χ1) is 11.0. The average Bonchev–Trinajstić information content (AvgIpc) is 2.55. The molecule has 0 fully saturated rings. The zero-order chi connectivity index (χ0) is 17.1. The predicted molar refractivity (Wildman–Crippen MR) is 90.9 cm³/mol. The van der Waals surface area contributed by atoms with Crippen LogP contribution in [-0.4, -0.2) is 19.0 Å². The summed E-state index contributed by atoms with van der Waals surface area (Å²) >= 11 is 0. The highest BCUT2D eigenvalue weighted by atomic mass is 31.2. The fourth-order valence-corrected chi connectivity index (χ4v) is 3.11. The molecule has 0 N–H and O–H groups in total. The van der Waals surface area contributed by atoms with Gasteiger partial charge in [-0.15, -0.1) is 0 Å². The lowest BCUT2D eigenvalue weighted by atomic mass is 10.1. The minimum atomic E-state index is -3.66. The molecule has 0 atom stereocenters. The molecule has 128 valence electrons. The van der Waals surface area contributed by atoms with Gasteiger partial charge >= 0.3 is 7.82 Å². The lowest BCUT2D eigenvalue weighted by molar-refractivity contribution is -0.118. The normalized spacial score (nSPS) is 12.2. The molecule has 23 heavy (non-hydrogen) atoms. The number of Topliss-reactive ketones (excluding diaryl/α,β-unsaturated/α-hetero) is 1. The fraction of sp³-hybridized carbons (Fsp3) is 0.471. The molecular weight excluding hydrogens is 315 g/mol. The van der Waals surface area contributed by atoms with Crippen LogP contribution in [0.3, 0.4) is 0 Å². The van der Waals surface area contributed by atoms with E-state index < -0.39 is 7.82 Å². The van der Waals surface area contributed by atoms with E-state index in [-0.39, 0.29) is 19.0 Å². The third kappa shape index (κ3) is 7.12. The second-order valence-electron chi connectivity index (χ2n) is 4.74. The minimum absolute atomic E-state index is 0.173. The van der Waals surface area contributed by atoms with Crippen molar-refractivity contribution in [2.75, 3.05) is 13.2 Å². The van der Waals surface area contributed by atoms with E-state index in [1.165, 1.54) is 0 Å². The summed E-state index contributed by atoms with van der Waals surface area (Å²) in [5.74, 6) is 0.575. The molecule has 0 bridgehead atoms. The molecule has 0 saturated heterocycles. The van der Waals surface area contributed by atoms with Crippen LogP contribution in [0.4, 0.5) is 0 Å². The van der Waals surface area contributed by atoms with E-state index in [1.54, 1.807) is 19.9 Å². The number of carbonyl (C=O) groups is 1. The first-order valence-corrected chi connectivity index (χ1v) is 9.36. The van der Waals surface area contributed by atoms with Gasteiger partial charge < -0.3 is 4.52 Å². The Labute approximate surface area is 138 Å². The number of rotatable bonds is 11. The van der Waals surface area contributed by atoms with Crippen molar-refractivity contribution in [1.29, 1.82) is 0 Å². The van der Waals surface area contributed by atoms with Gasteiger partial charge in [-0.1, -0.05) is 37.3 Å². The Morgan fingerprint density at radius 1 is 1.09 bits per heavy atom. The van der Waals surface area contributed by atoms with Gasteiger partial charge in [0.1, 0.15) is 11.5 Å². The molecule has 0 amide bonds. The zero-order valence-corrected chi connectivity index (χ0v) is 14.9. The maximum atomic E-state index is 12.6. The molecule has 5 nitrogen and oxygen atoms in total. The molecule has 0 aromatic heterocycles. The molecule has 1 aromatic rings. The predicted octanol–water partition coefficient (Wildman–Crippen LogP) is 4.98. The average molecular weight is 340 g/mol. The minimum Gasteiger partial charge on any atom is -0.404 e. The van der Waals surface area contributed by atoms with E-state index in [2.05, 4.69) is 0 Å². The van der Waals surface area contributed by atoms with Crippen LogP contribution >= 0.6 is 7.82 Å². The summed E-state index contributed by atoms with van der Waals surface area (Å²) in [5.41, 5.74) is 0.760. The first-order valence-electron chi connectivity index (χ1n) is 7.90. The molecule has 0 spiro atoms. The Kier molecular flexibility index (Phi) is 8.85. The molecular formula is C17H25O5P. The van der Waals surface area contributed by atoms with Crippen LogP contribution in [0.2, 0.25) is 0 Å². The third-order valence-electron chi connectivity index (χ3n) is 2.99. The largest absolute Gasteiger partial charge is 0.530 e. The monoisotopic (exact) mass is 340 g/mol. The molecule has 1 rings (SSSR count). The van der Waals surface area contributed by atoms with Gasteiger partial charge in [-0.05, 0) is 26.3 Å². The van der Waals surface area contributed by atoms with Gasteiger partial charge in [0.05, 0.1) is 13.2 Å². The second kappa shape index (κ2) is 10.4. The summed E-state index contributed by atoms with van der Waals surface area (Å²) in [6.45, 7) is 5.71. The number of allylic oxidation sites excluding steroid dienone is 1. The first kappa shape index (κ1) is 19.6. The number of phosphoric acid groups is 1. The zero-order valence-electron chi connectivity index (χ0n) is 14.0. The quantitative estimate of drug-likeness (QED) is 0.420. The topological polar surface area (TPSA) is 61.8 Å². The van der Waals surface area contributed by atoms with Crippen molar-refractivity contribution in [3.8, 4) is 0 Å². The summed E-state index contributed by atoms with van der Waals surface area (Å²) in [6.07, 6.45) is 3.19. The molecule has 0 aliphatic rings. The van der Waals surface area contributed by atoms with E-state index in [1.807, 2.05) is 37.3 Å². The molecule has 0 radical (unpaired) electrons. The number of hydrogen-bond donors (Lipinski definition) is 0. The van der Waals surface area contributed by atoms with Crippen molar-refractivity contribution < 1.29 is 22.9 Å². The SMILES string of the molecule is CCOP(=O)(OCC)O/C(=C\CCC(=O)CC)c1ccccc1. The molecule has 6 heteroatoms. The van der Waals surface area contributed by atoms with E-state index >= 15 is 0 Å². The Morgan fingerprint density at radius 2 is 1.70 bits per heavy atom. The highest BCUT2D eigenvalue weighted by Gasteiger charge is 2.28. The lowest BCUT2D eigenvalue weighted by Crippen LogP contribution is -2.01. The van der Waals surface area contributed by atoms with E-state index in [0.717, 1.165) is 5.56 Å². The Hall–Kier alpha value is -1.42. The summed E-state index contributed by atoms with van der Waals surface area (Å²) in [7, 11) is -3.66. The number of hydrogen-bond acceptors (Lipinski definition) is 5.